The van der Waals surface area contributed by atoms with Crippen LogP contribution in [0.4, 0.5) is 0 Å². The average Bonchev–Trinajstić information content (AvgIpc) is 2.10. The van der Waals surface area contributed by atoms with E-state index < -0.39 is 0 Å². The van der Waals surface area contributed by atoms with Crippen LogP contribution in [0, 0.1) is 18.8 Å². The summed E-state index contributed by atoms with van der Waals surface area (Å²) >= 11 is 0. The van der Waals surface area contributed by atoms with Gasteiger partial charge in [0.2, 0.25) is 0 Å². The molecule has 0 unspecified atom stereocenters. The highest BCUT2D eigenvalue weighted by Gasteiger charge is 1.98. The molecule has 0 bridgehead atoms. The summed E-state index contributed by atoms with van der Waals surface area (Å²) in [6, 6.07) is 6.48. The van der Waals surface area contributed by atoms with Gasteiger partial charge in [-0.2, -0.15) is 0 Å². The van der Waals surface area contributed by atoms with Crippen LogP contribution in [0.1, 0.15) is 37.0 Å². The Balaban J connectivity index is 3.07. The minimum Gasteiger partial charge on any atom is -0.101 e. The molecule has 0 heteroatoms. The van der Waals surface area contributed by atoms with Gasteiger partial charge in [0.05, 0.1) is 0 Å². The quantitative estimate of drug-likeness (QED) is 0.600. The number of aryl methyl sites for hydroxylation is 2. The van der Waals surface area contributed by atoms with Crippen LogP contribution < -0.4 is 0 Å². The Bertz CT molecular complexity index is 337. The SMILES string of the molecule is CC#Cc1ccc(C)cc1CCC. The van der Waals surface area contributed by atoms with Crippen molar-refractivity contribution in [3.8, 4) is 11.8 Å². The van der Waals surface area contributed by atoms with Crippen molar-refractivity contribution in [1.82, 2.24) is 0 Å². The summed E-state index contributed by atoms with van der Waals surface area (Å²) in [6.07, 6.45) is 2.31. The van der Waals surface area contributed by atoms with E-state index in [4.69, 9.17) is 0 Å². The first kappa shape index (κ1) is 9.86. The molecule has 0 fully saturated rings. The van der Waals surface area contributed by atoms with Gasteiger partial charge in [0.1, 0.15) is 0 Å². The molecule has 0 aliphatic heterocycles. The van der Waals surface area contributed by atoms with Crippen molar-refractivity contribution in [1.29, 1.82) is 0 Å². The van der Waals surface area contributed by atoms with Gasteiger partial charge in [-0.25, -0.2) is 0 Å². The van der Waals surface area contributed by atoms with Crippen LogP contribution >= 0.6 is 0 Å². The maximum Gasteiger partial charge on any atom is 0.0277 e. The first-order valence-corrected chi connectivity index (χ1v) is 4.80. The molecular weight excluding hydrogens is 156 g/mol. The van der Waals surface area contributed by atoms with Gasteiger partial charge >= 0.3 is 0 Å². The van der Waals surface area contributed by atoms with Crippen molar-refractivity contribution in [3.05, 3.63) is 34.9 Å². The first-order valence-electron chi connectivity index (χ1n) is 4.80. The molecule has 1 aromatic rings. The zero-order chi connectivity index (χ0) is 9.68. The molecule has 0 aromatic heterocycles. The highest BCUT2D eigenvalue weighted by Crippen LogP contribution is 2.12. The molecule has 0 saturated heterocycles. The first-order chi connectivity index (χ1) is 6.27. The molecule has 13 heavy (non-hydrogen) atoms. The van der Waals surface area contributed by atoms with E-state index in [1.165, 1.54) is 23.1 Å². The summed E-state index contributed by atoms with van der Waals surface area (Å²) < 4.78 is 0. The molecule has 0 N–H and O–H groups in total. The van der Waals surface area contributed by atoms with Gasteiger partial charge in [-0.3, -0.25) is 0 Å². The lowest BCUT2D eigenvalue weighted by Crippen LogP contribution is -1.90. The molecule has 0 heterocycles. The Labute approximate surface area is 81.0 Å². The van der Waals surface area contributed by atoms with Crippen molar-refractivity contribution < 1.29 is 0 Å². The normalized spacial score (nSPS) is 9.15. The lowest BCUT2D eigenvalue weighted by atomic mass is 10.0. The van der Waals surface area contributed by atoms with Crippen LogP contribution in [-0.4, -0.2) is 0 Å². The van der Waals surface area contributed by atoms with Crippen LogP contribution in [-0.2, 0) is 6.42 Å². The standard InChI is InChI=1S/C13H16/c1-4-6-12-9-8-11(3)10-13(12)7-5-2/h8-10H,5,7H2,1-3H3. The van der Waals surface area contributed by atoms with Gasteiger partial charge in [0.25, 0.3) is 0 Å². The lowest BCUT2D eigenvalue weighted by Gasteiger charge is -2.03. The second kappa shape index (κ2) is 4.72. The second-order valence-corrected chi connectivity index (χ2v) is 3.29. The van der Waals surface area contributed by atoms with Gasteiger partial charge in [-0.15, -0.1) is 5.92 Å². The summed E-state index contributed by atoms with van der Waals surface area (Å²) in [5, 5.41) is 0. The fourth-order valence-corrected chi connectivity index (χ4v) is 1.46. The molecule has 68 valence electrons. The van der Waals surface area contributed by atoms with E-state index in [-0.39, 0.29) is 0 Å². The summed E-state index contributed by atoms with van der Waals surface area (Å²) in [5.41, 5.74) is 3.90. The molecule has 0 atom stereocenters. The Morgan fingerprint density at radius 1 is 1.31 bits per heavy atom. The maximum atomic E-state index is 3.14. The largest absolute Gasteiger partial charge is 0.101 e. The van der Waals surface area contributed by atoms with E-state index in [9.17, 15) is 0 Å². The molecule has 0 saturated carbocycles. The van der Waals surface area contributed by atoms with Crippen molar-refractivity contribution in [2.24, 2.45) is 0 Å². The van der Waals surface area contributed by atoms with Gasteiger partial charge in [0, 0.05) is 5.56 Å². The van der Waals surface area contributed by atoms with E-state index in [2.05, 4.69) is 43.9 Å². The lowest BCUT2D eigenvalue weighted by molar-refractivity contribution is 0.917. The van der Waals surface area contributed by atoms with Crippen molar-refractivity contribution in [2.45, 2.75) is 33.6 Å². The molecule has 0 spiro atoms. The predicted molar refractivity (Wildman–Crippen MR) is 57.7 cm³/mol. The van der Waals surface area contributed by atoms with Crippen LogP contribution in [0.2, 0.25) is 0 Å². The molecule has 0 radical (unpaired) electrons. The molecule has 0 aliphatic carbocycles. The van der Waals surface area contributed by atoms with Crippen LogP contribution in [0.3, 0.4) is 0 Å². The zero-order valence-electron chi connectivity index (χ0n) is 8.65. The molecule has 1 aromatic carbocycles. The van der Waals surface area contributed by atoms with Crippen molar-refractivity contribution in [2.75, 3.05) is 0 Å². The van der Waals surface area contributed by atoms with E-state index >= 15 is 0 Å². The molecule has 1 rings (SSSR count). The summed E-state index contributed by atoms with van der Waals surface area (Å²) in [5.74, 6) is 6.09. The monoisotopic (exact) mass is 172 g/mol. The van der Waals surface area contributed by atoms with Gasteiger partial charge in [0.15, 0.2) is 0 Å². The van der Waals surface area contributed by atoms with E-state index in [0.717, 1.165) is 6.42 Å². The molecular formula is C13H16. The number of hydrogen-bond acceptors (Lipinski definition) is 0. The third-order valence-electron chi connectivity index (χ3n) is 2.04. The van der Waals surface area contributed by atoms with E-state index in [1.807, 2.05) is 6.92 Å². The van der Waals surface area contributed by atoms with Crippen molar-refractivity contribution in [3.63, 3.8) is 0 Å². The highest BCUT2D eigenvalue weighted by molar-refractivity contribution is 5.43. The maximum absolute atomic E-state index is 3.14. The van der Waals surface area contributed by atoms with Crippen LogP contribution in [0.5, 0.6) is 0 Å². The zero-order valence-corrected chi connectivity index (χ0v) is 8.65. The average molecular weight is 172 g/mol. The number of benzene rings is 1. The van der Waals surface area contributed by atoms with E-state index in [1.54, 1.807) is 0 Å². The Hall–Kier alpha value is -1.22. The fraction of sp³-hybridized carbons (Fsp3) is 0.385. The second-order valence-electron chi connectivity index (χ2n) is 3.29. The minimum atomic E-state index is 1.13. The van der Waals surface area contributed by atoms with Crippen LogP contribution in [0.15, 0.2) is 18.2 Å². The Morgan fingerprint density at radius 3 is 2.69 bits per heavy atom. The summed E-state index contributed by atoms with van der Waals surface area (Å²) in [7, 11) is 0. The molecule has 0 nitrogen and oxygen atoms in total. The van der Waals surface area contributed by atoms with Gasteiger partial charge in [-0.1, -0.05) is 37.0 Å². The minimum absolute atomic E-state index is 1.13. The summed E-state index contributed by atoms with van der Waals surface area (Å²) in [6.45, 7) is 6.21. The predicted octanol–water partition coefficient (Wildman–Crippen LogP) is 3.32. The van der Waals surface area contributed by atoms with Gasteiger partial charge in [-0.05, 0) is 31.9 Å². The Morgan fingerprint density at radius 2 is 2.08 bits per heavy atom. The number of rotatable bonds is 2. The van der Waals surface area contributed by atoms with Crippen LogP contribution in [0.25, 0.3) is 0 Å². The number of hydrogen-bond donors (Lipinski definition) is 0. The fourth-order valence-electron chi connectivity index (χ4n) is 1.46. The Kier molecular flexibility index (Phi) is 3.58. The topological polar surface area (TPSA) is 0 Å². The molecule has 0 aliphatic rings. The van der Waals surface area contributed by atoms with E-state index in [0.29, 0.717) is 0 Å². The van der Waals surface area contributed by atoms with Crippen molar-refractivity contribution >= 4 is 0 Å². The third-order valence-corrected chi connectivity index (χ3v) is 2.04. The smallest absolute Gasteiger partial charge is 0.0277 e. The third kappa shape index (κ3) is 2.63. The highest BCUT2D eigenvalue weighted by atomic mass is 14.0. The van der Waals surface area contributed by atoms with Gasteiger partial charge < -0.3 is 0 Å². The molecule has 0 amide bonds. The summed E-state index contributed by atoms with van der Waals surface area (Å²) in [4.78, 5) is 0.